The second-order valence-electron chi connectivity index (χ2n) is 10.0. The fourth-order valence-corrected chi connectivity index (χ4v) is 5.17. The number of hydrogen-bond donors (Lipinski definition) is 4. The zero-order chi connectivity index (χ0) is 28.5. The summed E-state index contributed by atoms with van der Waals surface area (Å²) in [5.41, 5.74) is 21.3. The van der Waals surface area contributed by atoms with Crippen LogP contribution in [0.15, 0.2) is 84.9 Å². The Balaban J connectivity index is 1.50. The average Bonchev–Trinajstić information content (AvgIpc) is 3.29. The first-order chi connectivity index (χ1) is 19.4. The molecule has 3 aromatic carbocycles. The van der Waals surface area contributed by atoms with Gasteiger partial charge in [-0.15, -0.1) is 0 Å². The van der Waals surface area contributed by atoms with Gasteiger partial charge in [0.2, 0.25) is 0 Å². The number of primary amides is 1. The van der Waals surface area contributed by atoms with E-state index in [9.17, 15) is 14.7 Å². The number of hydrogen-bond acceptors (Lipinski definition) is 8. The molecule has 9 heteroatoms. The third kappa shape index (κ3) is 7.67. The van der Waals surface area contributed by atoms with Crippen molar-refractivity contribution in [2.45, 2.75) is 55.6 Å². The van der Waals surface area contributed by atoms with Crippen molar-refractivity contribution in [1.29, 1.82) is 0 Å². The molecule has 7 N–H and O–H groups in total. The van der Waals surface area contributed by atoms with Gasteiger partial charge in [0.05, 0.1) is 12.7 Å². The highest BCUT2D eigenvalue weighted by Gasteiger charge is 2.39. The SMILES string of the molecule is NCC(OCC(CC(N)c1ccccc1)OC(=O)C1c2ccccc2CC1O)C(Cc1ccccc1)OC(N)=O. The molecule has 0 saturated carbocycles. The smallest absolute Gasteiger partial charge is 0.404 e. The molecule has 0 saturated heterocycles. The Morgan fingerprint density at radius 2 is 1.55 bits per heavy atom. The molecule has 0 aromatic heterocycles. The fraction of sp³-hybridized carbons (Fsp3) is 0.355. The molecule has 6 unspecified atom stereocenters. The monoisotopic (exact) mass is 547 g/mol. The molecule has 40 heavy (non-hydrogen) atoms. The molecular weight excluding hydrogens is 510 g/mol. The van der Waals surface area contributed by atoms with Gasteiger partial charge in [0.25, 0.3) is 0 Å². The third-order valence-electron chi connectivity index (χ3n) is 7.18. The van der Waals surface area contributed by atoms with Crippen LogP contribution in [0.1, 0.15) is 40.6 Å². The Morgan fingerprint density at radius 1 is 0.900 bits per heavy atom. The lowest BCUT2D eigenvalue weighted by Gasteiger charge is -2.29. The number of nitrogens with two attached hydrogens (primary N) is 3. The first kappa shape index (κ1) is 29.2. The van der Waals surface area contributed by atoms with Crippen molar-refractivity contribution in [3.63, 3.8) is 0 Å². The average molecular weight is 548 g/mol. The minimum absolute atomic E-state index is 0.0326. The number of aliphatic hydroxyl groups is 1. The minimum Gasteiger partial charge on any atom is -0.459 e. The third-order valence-corrected chi connectivity index (χ3v) is 7.18. The second-order valence-corrected chi connectivity index (χ2v) is 10.0. The largest absolute Gasteiger partial charge is 0.459 e. The van der Waals surface area contributed by atoms with Crippen LogP contribution in [0.5, 0.6) is 0 Å². The molecule has 0 bridgehead atoms. The summed E-state index contributed by atoms with van der Waals surface area (Å²) in [6.07, 6.45) is -3.09. The molecule has 1 aliphatic carbocycles. The van der Waals surface area contributed by atoms with E-state index in [1.54, 1.807) is 0 Å². The zero-order valence-corrected chi connectivity index (χ0v) is 22.3. The summed E-state index contributed by atoms with van der Waals surface area (Å²) in [6, 6.07) is 25.9. The first-order valence-electron chi connectivity index (χ1n) is 13.4. The van der Waals surface area contributed by atoms with Crippen LogP contribution >= 0.6 is 0 Å². The van der Waals surface area contributed by atoms with E-state index in [1.807, 2.05) is 84.9 Å². The van der Waals surface area contributed by atoms with Gasteiger partial charge in [-0.25, -0.2) is 4.79 Å². The number of fused-ring (bicyclic) bond motifs is 1. The van der Waals surface area contributed by atoms with Gasteiger partial charge in [-0.3, -0.25) is 4.79 Å². The highest BCUT2D eigenvalue weighted by molar-refractivity contribution is 5.81. The quantitative estimate of drug-likeness (QED) is 0.238. The van der Waals surface area contributed by atoms with Crippen LogP contribution in [0, 0.1) is 0 Å². The maximum absolute atomic E-state index is 13.4. The summed E-state index contributed by atoms with van der Waals surface area (Å²) in [5, 5.41) is 10.7. The number of ether oxygens (including phenoxy) is 3. The Morgan fingerprint density at radius 3 is 2.23 bits per heavy atom. The molecule has 1 aliphatic rings. The van der Waals surface area contributed by atoms with Gasteiger partial charge in [-0.05, 0) is 28.7 Å². The van der Waals surface area contributed by atoms with Crippen LogP contribution in [0.2, 0.25) is 0 Å². The van der Waals surface area contributed by atoms with Crippen LogP contribution in [0.3, 0.4) is 0 Å². The molecule has 0 aliphatic heterocycles. The zero-order valence-electron chi connectivity index (χ0n) is 22.3. The summed E-state index contributed by atoms with van der Waals surface area (Å²) >= 11 is 0. The normalized spacial score (nSPS) is 19.2. The highest BCUT2D eigenvalue weighted by atomic mass is 16.6. The van der Waals surface area contributed by atoms with Crippen molar-refractivity contribution in [3.8, 4) is 0 Å². The van der Waals surface area contributed by atoms with Crippen LogP contribution in [-0.4, -0.2) is 54.7 Å². The van der Waals surface area contributed by atoms with Crippen molar-refractivity contribution in [2.24, 2.45) is 17.2 Å². The first-order valence-corrected chi connectivity index (χ1v) is 13.4. The van der Waals surface area contributed by atoms with Gasteiger partial charge in [0, 0.05) is 25.4 Å². The summed E-state index contributed by atoms with van der Waals surface area (Å²) in [7, 11) is 0. The predicted octanol–water partition coefficient (Wildman–Crippen LogP) is 2.74. The van der Waals surface area contributed by atoms with Crippen molar-refractivity contribution in [2.75, 3.05) is 13.2 Å². The standard InChI is InChI=1S/C31H37N3O6/c32-18-28(27(40-31(34)37)15-20-9-3-1-4-10-20)38-19-23(17-25(33)21-11-5-2-6-12-21)39-30(36)29-24-14-8-7-13-22(24)16-26(29)35/h1-14,23,25-29,35H,15-19,32-33H2,(H2,34,37). The molecule has 0 heterocycles. The van der Waals surface area contributed by atoms with E-state index in [-0.39, 0.29) is 19.6 Å². The number of aliphatic hydroxyl groups excluding tert-OH is 1. The van der Waals surface area contributed by atoms with E-state index in [0.717, 1.165) is 22.3 Å². The number of benzene rings is 3. The van der Waals surface area contributed by atoms with Crippen molar-refractivity contribution in [3.05, 3.63) is 107 Å². The maximum atomic E-state index is 13.4. The second kappa shape index (κ2) is 14.0. The summed E-state index contributed by atoms with van der Waals surface area (Å²) in [5.74, 6) is -1.36. The summed E-state index contributed by atoms with van der Waals surface area (Å²) in [6.45, 7) is -0.0170. The fourth-order valence-electron chi connectivity index (χ4n) is 5.17. The van der Waals surface area contributed by atoms with Crippen LogP contribution < -0.4 is 17.2 Å². The van der Waals surface area contributed by atoms with Gasteiger partial charge in [0.1, 0.15) is 24.2 Å². The lowest BCUT2D eigenvalue weighted by Crippen LogP contribution is -2.43. The van der Waals surface area contributed by atoms with Crippen LogP contribution in [0.25, 0.3) is 0 Å². The molecule has 0 radical (unpaired) electrons. The minimum atomic E-state index is -0.939. The van der Waals surface area contributed by atoms with Crippen molar-refractivity contribution >= 4 is 12.1 Å². The number of rotatable bonds is 13. The molecule has 212 valence electrons. The Hall–Kier alpha value is -3.76. The van der Waals surface area contributed by atoms with Crippen molar-refractivity contribution in [1.82, 2.24) is 0 Å². The van der Waals surface area contributed by atoms with E-state index in [0.29, 0.717) is 12.8 Å². The molecule has 0 spiro atoms. The molecule has 4 rings (SSSR count). The molecule has 1 amide bonds. The molecule has 0 fully saturated rings. The van der Waals surface area contributed by atoms with E-state index in [1.165, 1.54) is 0 Å². The number of carbonyl (C=O) groups excluding carboxylic acids is 2. The lowest BCUT2D eigenvalue weighted by molar-refractivity contribution is -0.159. The summed E-state index contributed by atoms with van der Waals surface area (Å²) in [4.78, 5) is 25.1. The molecule has 9 nitrogen and oxygen atoms in total. The number of esters is 1. The molecular formula is C31H37N3O6. The van der Waals surface area contributed by atoms with Crippen LogP contribution in [0.4, 0.5) is 4.79 Å². The van der Waals surface area contributed by atoms with Gasteiger partial charge in [-0.1, -0.05) is 84.9 Å². The summed E-state index contributed by atoms with van der Waals surface area (Å²) < 4.78 is 17.5. The molecule has 6 atom stereocenters. The van der Waals surface area contributed by atoms with Gasteiger partial charge in [-0.2, -0.15) is 0 Å². The van der Waals surface area contributed by atoms with Crippen molar-refractivity contribution < 1.29 is 28.9 Å². The predicted molar refractivity (Wildman–Crippen MR) is 150 cm³/mol. The van der Waals surface area contributed by atoms with E-state index in [4.69, 9.17) is 31.4 Å². The van der Waals surface area contributed by atoms with E-state index in [2.05, 4.69) is 0 Å². The number of carbonyl (C=O) groups is 2. The topological polar surface area (TPSA) is 160 Å². The Bertz CT molecular complexity index is 1240. The highest BCUT2D eigenvalue weighted by Crippen LogP contribution is 2.35. The van der Waals surface area contributed by atoms with Gasteiger partial charge in [0.15, 0.2) is 0 Å². The van der Waals surface area contributed by atoms with E-state index < -0.39 is 48.4 Å². The Labute approximate surface area is 234 Å². The van der Waals surface area contributed by atoms with Gasteiger partial charge < -0.3 is 36.5 Å². The maximum Gasteiger partial charge on any atom is 0.404 e. The van der Waals surface area contributed by atoms with Crippen LogP contribution in [-0.2, 0) is 31.8 Å². The van der Waals surface area contributed by atoms with E-state index >= 15 is 0 Å². The molecule has 3 aromatic rings. The lowest BCUT2D eigenvalue weighted by atomic mass is 9.99. The number of amides is 1. The van der Waals surface area contributed by atoms with Gasteiger partial charge >= 0.3 is 12.1 Å². The Kier molecular flexibility index (Phi) is 10.3.